The Kier molecular flexibility index (Phi) is 7.12. The summed E-state index contributed by atoms with van der Waals surface area (Å²) in [6, 6.07) is 3.58. The minimum absolute atomic E-state index is 0.0283. The molecule has 1 unspecified atom stereocenters. The molecular weight excluding hydrogens is 498 g/mol. The van der Waals surface area contributed by atoms with E-state index in [0.29, 0.717) is 23.3 Å². The van der Waals surface area contributed by atoms with Crippen LogP contribution in [0.1, 0.15) is 42.4 Å². The van der Waals surface area contributed by atoms with Gasteiger partial charge in [-0.15, -0.1) is 10.2 Å². The van der Waals surface area contributed by atoms with Crippen LogP contribution in [-0.2, 0) is 17.1 Å². The van der Waals surface area contributed by atoms with Crippen molar-refractivity contribution in [2.24, 2.45) is 17.8 Å². The molecule has 37 heavy (non-hydrogen) atoms. The average Bonchev–Trinajstić information content (AvgIpc) is 3.37. The number of ether oxygens (including phenoxy) is 1. The summed E-state index contributed by atoms with van der Waals surface area (Å²) < 4.78 is 86.9. The topological polar surface area (TPSA) is 50.3 Å². The van der Waals surface area contributed by atoms with Crippen LogP contribution in [0.3, 0.4) is 0 Å². The van der Waals surface area contributed by atoms with Crippen LogP contribution in [0.15, 0.2) is 24.3 Å². The van der Waals surface area contributed by atoms with Crippen LogP contribution in [0.5, 0.6) is 0 Å². The molecule has 3 atom stereocenters. The molecule has 0 radical (unpaired) electrons. The molecule has 0 bridgehead atoms. The van der Waals surface area contributed by atoms with E-state index in [1.54, 1.807) is 0 Å². The molecular formula is C26H30F6N4O. The van der Waals surface area contributed by atoms with Crippen molar-refractivity contribution in [1.82, 2.24) is 15.1 Å². The summed E-state index contributed by atoms with van der Waals surface area (Å²) in [6.45, 7) is 6.10. The Balaban J connectivity index is 1.29. The van der Waals surface area contributed by atoms with Crippen molar-refractivity contribution in [3.05, 3.63) is 41.0 Å². The number of hydrogen-bond donors (Lipinski definition) is 1. The second-order valence-electron chi connectivity index (χ2n) is 10.6. The summed E-state index contributed by atoms with van der Waals surface area (Å²) in [4.78, 5) is 2.48. The molecule has 3 fully saturated rings. The smallest absolute Gasteiger partial charge is 0.381 e. The van der Waals surface area contributed by atoms with Crippen LogP contribution in [0.4, 0.5) is 32.2 Å². The zero-order valence-corrected chi connectivity index (χ0v) is 20.5. The van der Waals surface area contributed by atoms with E-state index < -0.39 is 23.5 Å². The first kappa shape index (κ1) is 26.2. The fourth-order valence-electron chi connectivity index (χ4n) is 6.07. The Bertz CT molecular complexity index is 1100. The molecule has 0 amide bonds. The maximum atomic E-state index is 14.0. The number of rotatable bonds is 5. The molecule has 11 heteroatoms. The SMILES string of the molecule is Cc1ccc(C(F)(F)F)cc1-c1cc(C(F)(F)F)c(NC2C[C@@H]3CN(CC4CCOCC4)C[C@@H]3C2)nn1. The number of fused-ring (bicyclic) bond motifs is 1. The molecule has 2 aromatic rings. The van der Waals surface area contributed by atoms with Crippen molar-refractivity contribution in [2.75, 3.05) is 38.2 Å². The largest absolute Gasteiger partial charge is 0.420 e. The van der Waals surface area contributed by atoms with Crippen LogP contribution in [0.2, 0.25) is 0 Å². The fourth-order valence-corrected chi connectivity index (χ4v) is 6.07. The highest BCUT2D eigenvalue weighted by molar-refractivity contribution is 5.67. The second-order valence-corrected chi connectivity index (χ2v) is 10.6. The number of aromatic nitrogens is 2. The highest BCUT2D eigenvalue weighted by Crippen LogP contribution is 2.42. The van der Waals surface area contributed by atoms with Crippen molar-refractivity contribution in [3.8, 4) is 11.3 Å². The Morgan fingerprint density at radius 3 is 2.24 bits per heavy atom. The van der Waals surface area contributed by atoms with E-state index in [9.17, 15) is 26.3 Å². The zero-order chi connectivity index (χ0) is 26.4. The lowest BCUT2D eigenvalue weighted by atomic mass is 10.00. The maximum absolute atomic E-state index is 14.0. The van der Waals surface area contributed by atoms with Gasteiger partial charge in [-0.25, -0.2) is 0 Å². The molecule has 1 aromatic heterocycles. The lowest BCUT2D eigenvalue weighted by molar-refractivity contribution is -0.138. The van der Waals surface area contributed by atoms with Crippen LogP contribution in [-0.4, -0.2) is 54.0 Å². The van der Waals surface area contributed by atoms with E-state index in [2.05, 4.69) is 20.4 Å². The van der Waals surface area contributed by atoms with Crippen molar-refractivity contribution in [2.45, 2.75) is 51.0 Å². The highest BCUT2D eigenvalue weighted by Gasteiger charge is 2.43. The van der Waals surface area contributed by atoms with Gasteiger partial charge in [0.15, 0.2) is 5.82 Å². The molecule has 2 aliphatic heterocycles. The lowest BCUT2D eigenvalue weighted by Gasteiger charge is -2.28. The summed E-state index contributed by atoms with van der Waals surface area (Å²) in [7, 11) is 0. The first-order valence-electron chi connectivity index (χ1n) is 12.7. The number of anilines is 1. The van der Waals surface area contributed by atoms with Gasteiger partial charge in [0.25, 0.3) is 0 Å². The summed E-state index contributed by atoms with van der Waals surface area (Å²) in [5.41, 5.74) is -1.86. The summed E-state index contributed by atoms with van der Waals surface area (Å²) in [5, 5.41) is 10.7. The van der Waals surface area contributed by atoms with Crippen molar-refractivity contribution >= 4 is 5.82 Å². The molecule has 5 rings (SSSR count). The maximum Gasteiger partial charge on any atom is 0.420 e. The fraction of sp³-hybridized carbons (Fsp3) is 0.615. The van der Waals surface area contributed by atoms with Crippen LogP contribution in [0.25, 0.3) is 11.3 Å². The number of likely N-dealkylation sites (tertiary alicyclic amines) is 1. The zero-order valence-electron chi connectivity index (χ0n) is 20.5. The number of aryl methyl sites for hydroxylation is 1. The third-order valence-electron chi connectivity index (χ3n) is 7.96. The van der Waals surface area contributed by atoms with E-state index in [4.69, 9.17) is 4.74 Å². The van der Waals surface area contributed by atoms with Crippen molar-refractivity contribution < 1.29 is 31.1 Å². The van der Waals surface area contributed by atoms with E-state index in [0.717, 1.165) is 76.7 Å². The first-order chi connectivity index (χ1) is 17.5. The quantitative estimate of drug-likeness (QED) is 0.480. The number of benzene rings is 1. The Labute approximate surface area is 211 Å². The molecule has 1 N–H and O–H groups in total. The average molecular weight is 529 g/mol. The van der Waals surface area contributed by atoms with Gasteiger partial charge in [0.05, 0.1) is 11.3 Å². The number of alkyl halides is 6. The lowest BCUT2D eigenvalue weighted by Crippen LogP contribution is -2.32. The second kappa shape index (κ2) is 10.1. The monoisotopic (exact) mass is 528 g/mol. The van der Waals surface area contributed by atoms with E-state index in [-0.39, 0.29) is 23.1 Å². The predicted octanol–water partition coefficient (Wildman–Crippen LogP) is 6.04. The summed E-state index contributed by atoms with van der Waals surface area (Å²) >= 11 is 0. The van der Waals surface area contributed by atoms with Crippen molar-refractivity contribution in [3.63, 3.8) is 0 Å². The molecule has 3 heterocycles. The minimum atomic E-state index is -4.74. The normalized spacial score (nSPS) is 25.4. The number of nitrogens with zero attached hydrogens (tertiary/aromatic N) is 3. The molecule has 1 aliphatic carbocycles. The number of nitrogens with one attached hydrogen (secondary N) is 1. The van der Waals surface area contributed by atoms with Gasteiger partial charge in [0.1, 0.15) is 5.56 Å². The van der Waals surface area contributed by atoms with Gasteiger partial charge >= 0.3 is 12.4 Å². The van der Waals surface area contributed by atoms with Crippen LogP contribution in [0, 0.1) is 24.7 Å². The predicted molar refractivity (Wildman–Crippen MR) is 126 cm³/mol. The number of hydrogen-bond acceptors (Lipinski definition) is 5. The molecule has 1 saturated carbocycles. The van der Waals surface area contributed by atoms with Gasteiger partial charge in [-0.2, -0.15) is 26.3 Å². The van der Waals surface area contributed by atoms with Gasteiger partial charge in [-0.1, -0.05) is 6.07 Å². The van der Waals surface area contributed by atoms with Crippen LogP contribution < -0.4 is 5.32 Å². The standard InChI is InChI=1S/C26H30F6N4O/c1-15-2-3-19(25(27,28)29)10-21(15)23-11-22(26(30,31)32)24(35-34-23)33-20-8-17-13-36(14-18(17)9-20)12-16-4-6-37-7-5-16/h2-3,10-11,16-18,20H,4-9,12-14H2,1H3,(H,33,35)/t17-,18+,20?. The Morgan fingerprint density at radius 1 is 0.946 bits per heavy atom. The molecule has 5 nitrogen and oxygen atoms in total. The summed E-state index contributed by atoms with van der Waals surface area (Å²) in [6.07, 6.45) is -5.70. The highest BCUT2D eigenvalue weighted by atomic mass is 19.4. The van der Waals surface area contributed by atoms with Gasteiger partial charge in [-0.05, 0) is 74.1 Å². The number of halogens is 6. The molecule has 3 aliphatic rings. The molecule has 1 aromatic carbocycles. The first-order valence-corrected chi connectivity index (χ1v) is 12.7. The van der Waals surface area contributed by atoms with Crippen molar-refractivity contribution in [1.29, 1.82) is 0 Å². The van der Waals surface area contributed by atoms with Crippen LogP contribution >= 0.6 is 0 Å². The third kappa shape index (κ3) is 5.87. The van der Waals surface area contributed by atoms with E-state index in [1.165, 1.54) is 13.0 Å². The van der Waals surface area contributed by atoms with Gasteiger partial charge in [-0.3, -0.25) is 0 Å². The summed E-state index contributed by atoms with van der Waals surface area (Å²) in [5.74, 6) is 1.12. The molecule has 2 saturated heterocycles. The Morgan fingerprint density at radius 2 is 1.62 bits per heavy atom. The third-order valence-corrected chi connectivity index (χ3v) is 7.96. The minimum Gasteiger partial charge on any atom is -0.381 e. The Hall–Kier alpha value is -2.40. The molecule has 0 spiro atoms. The van der Waals surface area contributed by atoms with E-state index in [1.807, 2.05) is 0 Å². The van der Waals surface area contributed by atoms with Gasteiger partial charge < -0.3 is 15.0 Å². The molecule has 202 valence electrons. The van der Waals surface area contributed by atoms with Gasteiger partial charge in [0, 0.05) is 44.5 Å². The van der Waals surface area contributed by atoms with Gasteiger partial charge in [0.2, 0.25) is 0 Å². The van der Waals surface area contributed by atoms with E-state index >= 15 is 0 Å².